The van der Waals surface area contributed by atoms with Gasteiger partial charge in [-0.05, 0) is 50.7 Å². The highest BCUT2D eigenvalue weighted by atomic mass is 32.1. The third-order valence-corrected chi connectivity index (χ3v) is 5.52. The second-order valence-corrected chi connectivity index (χ2v) is 7.62. The van der Waals surface area contributed by atoms with Crippen molar-refractivity contribution in [2.45, 2.75) is 58.0 Å². The normalized spacial score (nSPS) is 22.2. The molecule has 4 nitrogen and oxygen atoms in total. The van der Waals surface area contributed by atoms with Crippen molar-refractivity contribution in [1.29, 1.82) is 0 Å². The maximum atomic E-state index is 11.9. The molecule has 0 aliphatic heterocycles. The first-order chi connectivity index (χ1) is 10.1. The fraction of sp³-hybridized carbons (Fsp3) is 0.733. The first-order valence-corrected chi connectivity index (χ1v) is 8.92. The Labute approximate surface area is 135 Å². The number of aliphatic hydroxyl groups excluding tert-OH is 1. The number of hydrogen-bond acceptors (Lipinski definition) is 4. The van der Waals surface area contributed by atoms with Crippen LogP contribution < -0.4 is 5.32 Å². The lowest BCUT2D eigenvalue weighted by Gasteiger charge is -2.27. The Hall–Kier alpha value is -0.720. The minimum Gasteiger partial charge on any atom is -0.393 e. The standard InChI is InChI=1S/C15H24N2O2S2/c1-10-13(21-15(20)17-10)9-14(19)16-8-4-6-11-5-2-3-7-12(11)18/h11-12,18H,2-9H2,1H3,(H,16,19)(H,17,20). The Kier molecular flexibility index (Phi) is 6.39. The van der Waals surface area contributed by atoms with Crippen LogP contribution in [-0.2, 0) is 11.2 Å². The van der Waals surface area contributed by atoms with E-state index in [0.717, 1.165) is 46.6 Å². The fourth-order valence-electron chi connectivity index (χ4n) is 2.93. The largest absolute Gasteiger partial charge is 0.393 e. The van der Waals surface area contributed by atoms with Gasteiger partial charge in [-0.25, -0.2) is 0 Å². The van der Waals surface area contributed by atoms with Gasteiger partial charge in [-0.1, -0.05) is 12.8 Å². The third kappa shape index (κ3) is 5.20. The number of amides is 1. The molecule has 2 atom stereocenters. The molecule has 1 fully saturated rings. The maximum Gasteiger partial charge on any atom is 0.225 e. The number of carbonyl (C=O) groups is 1. The number of aromatic amines is 1. The molecule has 6 heteroatoms. The van der Waals surface area contributed by atoms with Crippen LogP contribution in [0.1, 0.15) is 49.1 Å². The first-order valence-electron chi connectivity index (χ1n) is 7.69. The molecule has 1 aliphatic carbocycles. The van der Waals surface area contributed by atoms with Gasteiger partial charge in [0, 0.05) is 17.1 Å². The van der Waals surface area contributed by atoms with Gasteiger partial charge in [0.25, 0.3) is 0 Å². The van der Waals surface area contributed by atoms with Gasteiger partial charge in [-0.2, -0.15) is 0 Å². The van der Waals surface area contributed by atoms with Crippen molar-refractivity contribution < 1.29 is 9.90 Å². The summed E-state index contributed by atoms with van der Waals surface area (Å²) in [5.74, 6) is 0.472. The van der Waals surface area contributed by atoms with E-state index in [0.29, 0.717) is 18.9 Å². The SMILES string of the molecule is Cc1[nH]c(=S)sc1CC(=O)NCCCC1CCCCC1O. The summed E-state index contributed by atoms with van der Waals surface area (Å²) in [7, 11) is 0. The number of nitrogens with one attached hydrogen (secondary N) is 2. The van der Waals surface area contributed by atoms with Crippen LogP contribution in [0.15, 0.2) is 0 Å². The van der Waals surface area contributed by atoms with Gasteiger partial charge in [-0.3, -0.25) is 4.79 Å². The molecule has 1 amide bonds. The summed E-state index contributed by atoms with van der Waals surface area (Å²) in [6, 6.07) is 0. The summed E-state index contributed by atoms with van der Waals surface area (Å²) in [6.07, 6.45) is 6.65. The lowest BCUT2D eigenvalue weighted by atomic mass is 9.83. The number of rotatable bonds is 6. The second kappa shape index (κ2) is 8.06. The topological polar surface area (TPSA) is 65.1 Å². The Morgan fingerprint density at radius 2 is 2.24 bits per heavy atom. The van der Waals surface area contributed by atoms with E-state index in [9.17, 15) is 9.90 Å². The van der Waals surface area contributed by atoms with Crippen LogP contribution >= 0.6 is 23.6 Å². The fourth-order valence-corrected chi connectivity index (χ4v) is 4.22. The molecule has 3 N–H and O–H groups in total. The molecule has 0 bridgehead atoms. The number of H-pyrrole nitrogens is 1. The summed E-state index contributed by atoms with van der Waals surface area (Å²) in [4.78, 5) is 16.0. The van der Waals surface area contributed by atoms with Crippen molar-refractivity contribution in [3.05, 3.63) is 14.5 Å². The Bertz CT molecular complexity index is 524. The summed E-state index contributed by atoms with van der Waals surface area (Å²) in [5, 5.41) is 12.9. The number of aromatic nitrogens is 1. The lowest BCUT2D eigenvalue weighted by Crippen LogP contribution is -2.28. The second-order valence-electron chi connectivity index (χ2n) is 5.84. The number of aryl methyl sites for hydroxylation is 1. The molecular formula is C15H24N2O2S2. The highest BCUT2D eigenvalue weighted by Crippen LogP contribution is 2.27. The van der Waals surface area contributed by atoms with Crippen LogP contribution in [0.5, 0.6) is 0 Å². The van der Waals surface area contributed by atoms with Crippen molar-refractivity contribution in [1.82, 2.24) is 10.3 Å². The van der Waals surface area contributed by atoms with Gasteiger partial charge >= 0.3 is 0 Å². The van der Waals surface area contributed by atoms with Gasteiger partial charge in [-0.15, -0.1) is 11.3 Å². The monoisotopic (exact) mass is 328 g/mol. The van der Waals surface area contributed by atoms with E-state index in [1.807, 2.05) is 6.92 Å². The summed E-state index contributed by atoms with van der Waals surface area (Å²) in [6.45, 7) is 2.64. The zero-order valence-electron chi connectivity index (χ0n) is 12.5. The summed E-state index contributed by atoms with van der Waals surface area (Å²) in [5.41, 5.74) is 0.991. The average molecular weight is 329 g/mol. The van der Waals surface area contributed by atoms with Gasteiger partial charge in [0.2, 0.25) is 5.91 Å². The zero-order valence-corrected chi connectivity index (χ0v) is 14.1. The molecule has 0 saturated heterocycles. The van der Waals surface area contributed by atoms with Crippen molar-refractivity contribution in [2.24, 2.45) is 5.92 Å². The third-order valence-electron chi connectivity index (χ3n) is 4.19. The van der Waals surface area contributed by atoms with Crippen LogP contribution in [0.4, 0.5) is 0 Å². The minimum absolute atomic E-state index is 0.0487. The van der Waals surface area contributed by atoms with E-state index < -0.39 is 0 Å². The Morgan fingerprint density at radius 1 is 1.48 bits per heavy atom. The predicted molar refractivity (Wildman–Crippen MR) is 88.2 cm³/mol. The number of carbonyl (C=O) groups excluding carboxylic acids is 1. The molecule has 0 aromatic carbocycles. The lowest BCUT2D eigenvalue weighted by molar-refractivity contribution is -0.120. The Balaban J connectivity index is 1.65. The van der Waals surface area contributed by atoms with E-state index in [2.05, 4.69) is 10.3 Å². The van der Waals surface area contributed by atoms with E-state index in [1.165, 1.54) is 17.8 Å². The number of thiazole rings is 1. The van der Waals surface area contributed by atoms with Gasteiger partial charge in [0.15, 0.2) is 3.95 Å². The van der Waals surface area contributed by atoms with Crippen molar-refractivity contribution in [3.63, 3.8) is 0 Å². The highest BCUT2D eigenvalue weighted by molar-refractivity contribution is 7.73. The van der Waals surface area contributed by atoms with Crippen LogP contribution in [0.2, 0.25) is 0 Å². The predicted octanol–water partition coefficient (Wildman–Crippen LogP) is 3.10. The molecule has 118 valence electrons. The number of aliphatic hydroxyl groups is 1. The smallest absolute Gasteiger partial charge is 0.225 e. The molecule has 21 heavy (non-hydrogen) atoms. The van der Waals surface area contributed by atoms with Crippen molar-refractivity contribution >= 4 is 29.5 Å². The van der Waals surface area contributed by atoms with Gasteiger partial charge < -0.3 is 15.4 Å². The average Bonchev–Trinajstić information content (AvgIpc) is 2.75. The van der Waals surface area contributed by atoms with Crippen LogP contribution in [0, 0.1) is 16.8 Å². The molecule has 0 radical (unpaired) electrons. The van der Waals surface area contributed by atoms with Crippen LogP contribution in [-0.4, -0.2) is 28.6 Å². The van der Waals surface area contributed by atoms with Crippen molar-refractivity contribution in [2.75, 3.05) is 6.54 Å². The first kappa shape index (κ1) is 16.6. The minimum atomic E-state index is -0.135. The quantitative estimate of drug-likeness (QED) is 0.555. The molecule has 1 aromatic rings. The molecule has 0 spiro atoms. The summed E-state index contributed by atoms with van der Waals surface area (Å²) >= 11 is 6.54. The highest BCUT2D eigenvalue weighted by Gasteiger charge is 2.22. The van der Waals surface area contributed by atoms with Crippen LogP contribution in [0.3, 0.4) is 0 Å². The number of hydrogen-bond donors (Lipinski definition) is 3. The molecule has 1 saturated carbocycles. The van der Waals surface area contributed by atoms with E-state index in [-0.39, 0.29) is 12.0 Å². The van der Waals surface area contributed by atoms with Crippen molar-refractivity contribution in [3.8, 4) is 0 Å². The zero-order chi connectivity index (χ0) is 15.2. The maximum absolute atomic E-state index is 11.9. The molecule has 2 rings (SSSR count). The Morgan fingerprint density at radius 3 is 2.90 bits per heavy atom. The molecule has 1 aromatic heterocycles. The molecular weight excluding hydrogens is 304 g/mol. The molecule has 1 aliphatic rings. The van der Waals surface area contributed by atoms with E-state index in [1.54, 1.807) is 0 Å². The molecule has 1 heterocycles. The van der Waals surface area contributed by atoms with E-state index >= 15 is 0 Å². The summed E-state index contributed by atoms with van der Waals surface area (Å²) < 4.78 is 0.724. The van der Waals surface area contributed by atoms with Gasteiger partial charge in [0.05, 0.1) is 12.5 Å². The van der Waals surface area contributed by atoms with E-state index in [4.69, 9.17) is 12.2 Å². The van der Waals surface area contributed by atoms with Gasteiger partial charge in [0.1, 0.15) is 0 Å². The van der Waals surface area contributed by atoms with Crippen LogP contribution in [0.25, 0.3) is 0 Å². The molecule has 2 unspecified atom stereocenters.